The molecule has 0 aliphatic carbocycles. The molecule has 0 aliphatic rings. The van der Waals surface area contributed by atoms with Gasteiger partial charge in [0.15, 0.2) is 5.76 Å². The van der Waals surface area contributed by atoms with Gasteiger partial charge in [-0.3, -0.25) is 4.79 Å². The molecule has 19 heavy (non-hydrogen) atoms. The molecule has 5 nitrogen and oxygen atoms in total. The van der Waals surface area contributed by atoms with Gasteiger partial charge in [0, 0.05) is 19.3 Å². The minimum absolute atomic E-state index is 0.0773. The molecule has 0 spiro atoms. The number of hydrogen-bond donors (Lipinski definition) is 0. The van der Waals surface area contributed by atoms with Crippen LogP contribution in [-0.4, -0.2) is 34.3 Å². The van der Waals surface area contributed by atoms with Crippen molar-refractivity contribution < 1.29 is 9.32 Å². The van der Waals surface area contributed by atoms with Crippen molar-refractivity contribution in [1.29, 1.82) is 0 Å². The number of carbonyl (C=O) groups excluding carboxylic acids is 1. The number of aryl methyl sites for hydroxylation is 1. The highest BCUT2D eigenvalue weighted by atomic mass is 32.2. The first kappa shape index (κ1) is 13.6. The van der Waals surface area contributed by atoms with Crippen molar-refractivity contribution in [2.45, 2.75) is 18.5 Å². The van der Waals surface area contributed by atoms with Crippen molar-refractivity contribution in [3.05, 3.63) is 41.4 Å². The van der Waals surface area contributed by atoms with E-state index in [-0.39, 0.29) is 5.91 Å². The van der Waals surface area contributed by atoms with E-state index in [1.165, 1.54) is 11.8 Å². The SMILES string of the molecule is CSc1ncccc1C(=O)N(C)Cc1cc(C)no1. The van der Waals surface area contributed by atoms with Crippen LogP contribution in [0.25, 0.3) is 0 Å². The van der Waals surface area contributed by atoms with Gasteiger partial charge in [-0.15, -0.1) is 11.8 Å². The molecule has 0 radical (unpaired) electrons. The third-order valence-electron chi connectivity index (χ3n) is 2.61. The molecule has 0 aromatic carbocycles. The van der Waals surface area contributed by atoms with Gasteiger partial charge in [-0.2, -0.15) is 0 Å². The van der Waals surface area contributed by atoms with Gasteiger partial charge in [0.05, 0.1) is 17.8 Å². The number of nitrogens with zero attached hydrogens (tertiary/aromatic N) is 3. The van der Waals surface area contributed by atoms with Crippen LogP contribution in [0.2, 0.25) is 0 Å². The molecule has 0 atom stereocenters. The second-order valence-electron chi connectivity index (χ2n) is 4.16. The van der Waals surface area contributed by atoms with E-state index in [4.69, 9.17) is 4.52 Å². The summed E-state index contributed by atoms with van der Waals surface area (Å²) in [4.78, 5) is 18.1. The minimum atomic E-state index is -0.0773. The fourth-order valence-electron chi connectivity index (χ4n) is 1.72. The Hall–Kier alpha value is -1.82. The van der Waals surface area contributed by atoms with E-state index in [1.54, 1.807) is 30.3 Å². The van der Waals surface area contributed by atoms with Crippen LogP contribution in [0.5, 0.6) is 0 Å². The number of amides is 1. The standard InChI is InChI=1S/C13H15N3O2S/c1-9-7-10(18-15-9)8-16(2)13(17)11-5-4-6-14-12(11)19-3/h4-7H,8H2,1-3H3. The molecular formula is C13H15N3O2S. The molecule has 0 unspecified atom stereocenters. The lowest BCUT2D eigenvalue weighted by Crippen LogP contribution is -2.26. The van der Waals surface area contributed by atoms with Crippen LogP contribution in [0.1, 0.15) is 21.8 Å². The number of aromatic nitrogens is 2. The third-order valence-corrected chi connectivity index (χ3v) is 3.32. The molecule has 2 heterocycles. The van der Waals surface area contributed by atoms with Crippen molar-refractivity contribution in [1.82, 2.24) is 15.0 Å². The maximum absolute atomic E-state index is 12.3. The highest BCUT2D eigenvalue weighted by Crippen LogP contribution is 2.19. The van der Waals surface area contributed by atoms with Crippen LogP contribution < -0.4 is 0 Å². The van der Waals surface area contributed by atoms with Crippen LogP contribution in [0.15, 0.2) is 33.9 Å². The second-order valence-corrected chi connectivity index (χ2v) is 4.95. The van der Waals surface area contributed by atoms with Gasteiger partial charge in [0.1, 0.15) is 5.03 Å². The van der Waals surface area contributed by atoms with Gasteiger partial charge in [0.25, 0.3) is 5.91 Å². The molecule has 2 rings (SSSR count). The zero-order chi connectivity index (χ0) is 13.8. The van der Waals surface area contributed by atoms with Crippen LogP contribution >= 0.6 is 11.8 Å². The highest BCUT2D eigenvalue weighted by Gasteiger charge is 2.17. The first-order valence-electron chi connectivity index (χ1n) is 5.78. The van der Waals surface area contributed by atoms with Crippen LogP contribution in [0.4, 0.5) is 0 Å². The predicted octanol–water partition coefficient (Wildman–Crippen LogP) is 2.37. The van der Waals surface area contributed by atoms with E-state index in [1.807, 2.05) is 19.2 Å². The summed E-state index contributed by atoms with van der Waals surface area (Å²) in [5.74, 6) is 0.592. The average molecular weight is 277 g/mol. The molecule has 0 aliphatic heterocycles. The van der Waals surface area contributed by atoms with E-state index in [9.17, 15) is 4.79 Å². The van der Waals surface area contributed by atoms with E-state index >= 15 is 0 Å². The normalized spacial score (nSPS) is 10.5. The Labute approximate surface area is 116 Å². The lowest BCUT2D eigenvalue weighted by molar-refractivity contribution is 0.0768. The van der Waals surface area contributed by atoms with E-state index in [0.29, 0.717) is 17.9 Å². The zero-order valence-electron chi connectivity index (χ0n) is 11.1. The summed E-state index contributed by atoms with van der Waals surface area (Å²) in [6, 6.07) is 5.37. The number of thioether (sulfide) groups is 1. The summed E-state index contributed by atoms with van der Waals surface area (Å²) in [6.07, 6.45) is 3.58. The first-order chi connectivity index (χ1) is 9.11. The lowest BCUT2D eigenvalue weighted by Gasteiger charge is -2.16. The van der Waals surface area contributed by atoms with Crippen LogP contribution in [0.3, 0.4) is 0 Å². The number of hydrogen-bond acceptors (Lipinski definition) is 5. The molecule has 100 valence electrons. The smallest absolute Gasteiger partial charge is 0.256 e. The second kappa shape index (κ2) is 5.88. The van der Waals surface area contributed by atoms with Crippen molar-refractivity contribution >= 4 is 17.7 Å². The summed E-state index contributed by atoms with van der Waals surface area (Å²) in [5, 5.41) is 4.54. The van der Waals surface area contributed by atoms with Gasteiger partial charge in [-0.25, -0.2) is 4.98 Å². The van der Waals surface area contributed by atoms with E-state index in [2.05, 4.69) is 10.1 Å². The molecular weight excluding hydrogens is 262 g/mol. The maximum Gasteiger partial charge on any atom is 0.256 e. The number of pyridine rings is 1. The summed E-state index contributed by atoms with van der Waals surface area (Å²) in [7, 11) is 1.73. The average Bonchev–Trinajstić information content (AvgIpc) is 2.83. The zero-order valence-corrected chi connectivity index (χ0v) is 11.9. The van der Waals surface area contributed by atoms with Crippen molar-refractivity contribution in [3.63, 3.8) is 0 Å². The Morgan fingerprint density at radius 2 is 2.32 bits per heavy atom. The molecule has 2 aromatic heterocycles. The summed E-state index contributed by atoms with van der Waals surface area (Å²) in [6.45, 7) is 2.24. The molecule has 1 amide bonds. The van der Waals surface area contributed by atoms with Gasteiger partial charge in [0.2, 0.25) is 0 Å². The Kier molecular flexibility index (Phi) is 4.21. The first-order valence-corrected chi connectivity index (χ1v) is 7.01. The molecule has 0 saturated carbocycles. The monoisotopic (exact) mass is 277 g/mol. The fourth-order valence-corrected chi connectivity index (χ4v) is 2.26. The van der Waals surface area contributed by atoms with Crippen LogP contribution in [-0.2, 0) is 6.54 Å². The summed E-state index contributed by atoms with van der Waals surface area (Å²) < 4.78 is 5.11. The summed E-state index contributed by atoms with van der Waals surface area (Å²) in [5.41, 5.74) is 1.41. The molecule has 0 N–H and O–H groups in total. The molecule has 2 aromatic rings. The Morgan fingerprint density at radius 3 is 2.95 bits per heavy atom. The van der Waals surface area contributed by atoms with Gasteiger partial charge < -0.3 is 9.42 Å². The number of carbonyl (C=O) groups is 1. The Morgan fingerprint density at radius 1 is 1.53 bits per heavy atom. The minimum Gasteiger partial charge on any atom is -0.359 e. The van der Waals surface area contributed by atoms with Crippen molar-refractivity contribution in [2.75, 3.05) is 13.3 Å². The Bertz CT molecular complexity index is 583. The predicted molar refractivity (Wildman–Crippen MR) is 73.1 cm³/mol. The van der Waals surface area contributed by atoms with Gasteiger partial charge in [-0.1, -0.05) is 5.16 Å². The summed E-state index contributed by atoms with van der Waals surface area (Å²) >= 11 is 1.46. The Balaban J connectivity index is 2.14. The third kappa shape index (κ3) is 3.14. The molecule has 0 saturated heterocycles. The lowest BCUT2D eigenvalue weighted by atomic mass is 10.2. The van der Waals surface area contributed by atoms with Crippen molar-refractivity contribution in [2.24, 2.45) is 0 Å². The fraction of sp³-hybridized carbons (Fsp3) is 0.308. The molecule has 6 heteroatoms. The quantitative estimate of drug-likeness (QED) is 0.803. The molecule has 0 bridgehead atoms. The maximum atomic E-state index is 12.3. The van der Waals surface area contributed by atoms with Crippen LogP contribution in [0, 0.1) is 6.92 Å². The van der Waals surface area contributed by atoms with Gasteiger partial charge >= 0.3 is 0 Å². The largest absolute Gasteiger partial charge is 0.359 e. The topological polar surface area (TPSA) is 59.2 Å². The number of rotatable bonds is 4. The van der Waals surface area contributed by atoms with E-state index < -0.39 is 0 Å². The molecule has 0 fully saturated rings. The van der Waals surface area contributed by atoms with Gasteiger partial charge in [-0.05, 0) is 25.3 Å². The van der Waals surface area contributed by atoms with Crippen molar-refractivity contribution in [3.8, 4) is 0 Å². The van der Waals surface area contributed by atoms with E-state index in [0.717, 1.165) is 10.7 Å². The highest BCUT2D eigenvalue weighted by molar-refractivity contribution is 7.98.